The lowest BCUT2D eigenvalue weighted by Crippen LogP contribution is -2.15. The molecule has 0 aliphatic heterocycles. The predicted octanol–water partition coefficient (Wildman–Crippen LogP) is 2.38. The van der Waals surface area contributed by atoms with Gasteiger partial charge in [0.15, 0.2) is 11.6 Å². The Hall–Kier alpha value is -1.03. The van der Waals surface area contributed by atoms with E-state index in [-0.39, 0.29) is 5.56 Å². The monoisotopic (exact) mass is 189 g/mol. The summed E-state index contributed by atoms with van der Waals surface area (Å²) in [7, 11) is 1.59. The van der Waals surface area contributed by atoms with Crippen molar-refractivity contribution < 1.29 is 13.2 Å². The molecular weight excluding hydrogens is 179 g/mol. The number of hydrogen-bond donors (Lipinski definition) is 1. The van der Waals surface area contributed by atoms with Crippen molar-refractivity contribution >= 4 is 0 Å². The van der Waals surface area contributed by atoms with Crippen LogP contribution in [0.4, 0.5) is 13.2 Å². The molecule has 0 spiro atoms. The molecule has 1 atom stereocenters. The second-order valence-electron chi connectivity index (χ2n) is 2.80. The van der Waals surface area contributed by atoms with Gasteiger partial charge >= 0.3 is 0 Å². The van der Waals surface area contributed by atoms with E-state index in [9.17, 15) is 13.2 Å². The first kappa shape index (κ1) is 10.1. The van der Waals surface area contributed by atoms with E-state index in [1.165, 1.54) is 0 Å². The minimum absolute atomic E-state index is 0.000000000000000222. The van der Waals surface area contributed by atoms with E-state index in [0.29, 0.717) is 6.07 Å². The van der Waals surface area contributed by atoms with Gasteiger partial charge in [-0.05, 0) is 20.0 Å². The molecule has 0 aromatic heterocycles. The molecule has 0 saturated heterocycles. The van der Waals surface area contributed by atoms with Crippen LogP contribution < -0.4 is 5.32 Å². The maximum absolute atomic E-state index is 13.0. The topological polar surface area (TPSA) is 12.0 Å². The molecule has 0 aliphatic rings. The Balaban J connectivity index is 3.20. The predicted molar refractivity (Wildman–Crippen MR) is 43.8 cm³/mol. The lowest BCUT2D eigenvalue weighted by molar-refractivity contribution is 0.469. The summed E-state index contributed by atoms with van der Waals surface area (Å²) >= 11 is 0. The van der Waals surface area contributed by atoms with E-state index in [0.717, 1.165) is 6.07 Å². The van der Waals surface area contributed by atoms with Gasteiger partial charge in [-0.25, -0.2) is 13.2 Å². The quantitative estimate of drug-likeness (QED) is 0.704. The second-order valence-corrected chi connectivity index (χ2v) is 2.80. The third kappa shape index (κ3) is 2.01. The molecule has 0 aliphatic carbocycles. The van der Waals surface area contributed by atoms with Crippen molar-refractivity contribution in [1.82, 2.24) is 5.32 Å². The Morgan fingerprint density at radius 2 is 1.85 bits per heavy atom. The molecule has 72 valence electrons. The zero-order valence-electron chi connectivity index (χ0n) is 7.37. The van der Waals surface area contributed by atoms with Crippen molar-refractivity contribution in [3.8, 4) is 0 Å². The lowest BCUT2D eigenvalue weighted by Gasteiger charge is -2.11. The summed E-state index contributed by atoms with van der Waals surface area (Å²) in [5.74, 6) is -2.92. The van der Waals surface area contributed by atoms with E-state index in [4.69, 9.17) is 0 Å². The lowest BCUT2D eigenvalue weighted by atomic mass is 10.1. The molecule has 0 saturated carbocycles. The maximum Gasteiger partial charge on any atom is 0.163 e. The van der Waals surface area contributed by atoms with E-state index < -0.39 is 23.5 Å². The van der Waals surface area contributed by atoms with Gasteiger partial charge in [-0.2, -0.15) is 0 Å². The molecule has 0 amide bonds. The van der Waals surface area contributed by atoms with Crippen LogP contribution in [-0.4, -0.2) is 7.05 Å². The third-order valence-corrected chi connectivity index (χ3v) is 1.92. The standard InChI is InChI=1S/C9H10F3N/c1-5(13-2)7-3-6(10)4-8(11)9(7)12/h3-5,13H,1-2H3/t5-/m1/s1. The van der Waals surface area contributed by atoms with E-state index in [1.54, 1.807) is 14.0 Å². The van der Waals surface area contributed by atoms with Crippen LogP contribution in [0.1, 0.15) is 18.5 Å². The summed E-state index contributed by atoms with van der Waals surface area (Å²) in [4.78, 5) is 0. The molecule has 0 unspecified atom stereocenters. The number of halogens is 3. The Bertz CT molecular complexity index is 312. The number of rotatable bonds is 2. The summed E-state index contributed by atoms with van der Waals surface area (Å²) in [6.07, 6.45) is 0. The largest absolute Gasteiger partial charge is 0.313 e. The van der Waals surface area contributed by atoms with Crippen LogP contribution in [0, 0.1) is 17.5 Å². The van der Waals surface area contributed by atoms with Crippen molar-refractivity contribution in [2.75, 3.05) is 7.05 Å². The average molecular weight is 189 g/mol. The fraction of sp³-hybridized carbons (Fsp3) is 0.333. The Morgan fingerprint density at radius 3 is 2.38 bits per heavy atom. The summed E-state index contributed by atoms with van der Waals surface area (Å²) in [6, 6.07) is 1.10. The molecule has 1 nitrogen and oxygen atoms in total. The van der Waals surface area contributed by atoms with Crippen molar-refractivity contribution in [2.24, 2.45) is 0 Å². The average Bonchev–Trinajstić information content (AvgIpc) is 2.10. The molecule has 0 radical (unpaired) electrons. The van der Waals surface area contributed by atoms with Crippen LogP contribution in [0.25, 0.3) is 0 Å². The van der Waals surface area contributed by atoms with Crippen molar-refractivity contribution in [2.45, 2.75) is 13.0 Å². The van der Waals surface area contributed by atoms with Crippen LogP contribution in [0.2, 0.25) is 0 Å². The third-order valence-electron chi connectivity index (χ3n) is 1.92. The first-order valence-electron chi connectivity index (χ1n) is 3.88. The van der Waals surface area contributed by atoms with E-state index in [1.807, 2.05) is 0 Å². The van der Waals surface area contributed by atoms with Crippen molar-refractivity contribution in [3.63, 3.8) is 0 Å². The van der Waals surface area contributed by atoms with Crippen LogP contribution in [0.3, 0.4) is 0 Å². The Labute approximate surface area is 74.6 Å². The first-order valence-corrected chi connectivity index (χ1v) is 3.88. The zero-order valence-corrected chi connectivity index (χ0v) is 7.37. The number of benzene rings is 1. The van der Waals surface area contributed by atoms with Crippen molar-refractivity contribution in [3.05, 3.63) is 35.1 Å². The highest BCUT2D eigenvalue weighted by Crippen LogP contribution is 2.20. The van der Waals surface area contributed by atoms with Crippen LogP contribution in [0.15, 0.2) is 12.1 Å². The highest BCUT2D eigenvalue weighted by atomic mass is 19.2. The fourth-order valence-corrected chi connectivity index (χ4v) is 1.05. The Kier molecular flexibility index (Phi) is 2.93. The second kappa shape index (κ2) is 3.79. The molecular formula is C9H10F3N. The van der Waals surface area contributed by atoms with Crippen LogP contribution in [-0.2, 0) is 0 Å². The van der Waals surface area contributed by atoms with Gasteiger partial charge in [0.25, 0.3) is 0 Å². The first-order chi connectivity index (χ1) is 6.06. The van der Waals surface area contributed by atoms with Crippen LogP contribution >= 0.6 is 0 Å². The minimum Gasteiger partial charge on any atom is -0.313 e. The molecule has 13 heavy (non-hydrogen) atoms. The summed E-state index contributed by atoms with van der Waals surface area (Å²) < 4.78 is 38.4. The van der Waals surface area contributed by atoms with Crippen LogP contribution in [0.5, 0.6) is 0 Å². The number of hydrogen-bond acceptors (Lipinski definition) is 1. The molecule has 1 aromatic carbocycles. The smallest absolute Gasteiger partial charge is 0.163 e. The van der Waals surface area contributed by atoms with Gasteiger partial charge in [0.1, 0.15) is 5.82 Å². The molecule has 1 rings (SSSR count). The maximum atomic E-state index is 13.0. The van der Waals surface area contributed by atoms with Gasteiger partial charge in [0.05, 0.1) is 0 Å². The Morgan fingerprint density at radius 1 is 1.23 bits per heavy atom. The summed E-state index contributed by atoms with van der Waals surface area (Å²) in [6.45, 7) is 1.62. The van der Waals surface area contributed by atoms with Gasteiger partial charge in [0, 0.05) is 17.7 Å². The van der Waals surface area contributed by atoms with Gasteiger partial charge < -0.3 is 5.32 Å². The molecule has 1 N–H and O–H groups in total. The van der Waals surface area contributed by atoms with E-state index >= 15 is 0 Å². The van der Waals surface area contributed by atoms with Gasteiger partial charge in [-0.3, -0.25) is 0 Å². The minimum atomic E-state index is -1.16. The normalized spacial score (nSPS) is 13.0. The van der Waals surface area contributed by atoms with Gasteiger partial charge in [-0.1, -0.05) is 0 Å². The molecule has 4 heteroatoms. The highest BCUT2D eigenvalue weighted by Gasteiger charge is 2.14. The number of nitrogens with one attached hydrogen (secondary N) is 1. The van der Waals surface area contributed by atoms with Gasteiger partial charge in [0.2, 0.25) is 0 Å². The molecule has 0 bridgehead atoms. The SMILES string of the molecule is CN[C@H](C)c1cc(F)cc(F)c1F. The summed E-state index contributed by atoms with van der Waals surface area (Å²) in [5, 5.41) is 2.70. The zero-order chi connectivity index (χ0) is 10.0. The summed E-state index contributed by atoms with van der Waals surface area (Å²) in [5.41, 5.74) is 0.000000000000000222. The van der Waals surface area contributed by atoms with E-state index in [2.05, 4.69) is 5.32 Å². The van der Waals surface area contributed by atoms with Gasteiger partial charge in [-0.15, -0.1) is 0 Å². The fourth-order valence-electron chi connectivity index (χ4n) is 1.05. The molecule has 1 aromatic rings. The van der Waals surface area contributed by atoms with Crippen molar-refractivity contribution in [1.29, 1.82) is 0 Å². The molecule has 0 fully saturated rings. The molecule has 0 heterocycles. The highest BCUT2D eigenvalue weighted by molar-refractivity contribution is 5.23.